The quantitative estimate of drug-likeness (QED) is 0.525. The van der Waals surface area contributed by atoms with Crippen LogP contribution in [0.2, 0.25) is 15.1 Å². The van der Waals surface area contributed by atoms with Crippen LogP contribution >= 0.6 is 34.8 Å². The molecule has 0 saturated carbocycles. The lowest BCUT2D eigenvalue weighted by Gasteiger charge is -2.20. The Morgan fingerprint density at radius 2 is 1.70 bits per heavy atom. The Morgan fingerprint density at radius 1 is 1.04 bits per heavy atom. The van der Waals surface area contributed by atoms with Crippen LogP contribution in [0.3, 0.4) is 0 Å². The van der Waals surface area contributed by atoms with Crippen molar-refractivity contribution < 1.29 is 9.59 Å². The highest BCUT2D eigenvalue weighted by Crippen LogP contribution is 2.24. The molecule has 8 heteroatoms. The van der Waals surface area contributed by atoms with Crippen molar-refractivity contribution in [1.29, 1.82) is 0 Å². The molecular formula is C19H18Cl3N3O2. The van der Waals surface area contributed by atoms with Gasteiger partial charge in [0.25, 0.3) is 11.8 Å². The number of benzene rings is 2. The molecule has 1 unspecified atom stereocenters. The summed E-state index contributed by atoms with van der Waals surface area (Å²) in [5.74, 6) is -0.963. The molecule has 0 spiro atoms. The molecule has 0 aliphatic carbocycles. The van der Waals surface area contributed by atoms with Crippen molar-refractivity contribution in [3.05, 3.63) is 68.7 Å². The van der Waals surface area contributed by atoms with E-state index in [2.05, 4.69) is 15.8 Å². The van der Waals surface area contributed by atoms with Gasteiger partial charge in [-0.3, -0.25) is 9.59 Å². The number of nitrogens with zero attached hydrogens (tertiary/aromatic N) is 1. The molecule has 0 fully saturated rings. The van der Waals surface area contributed by atoms with Crippen LogP contribution in [-0.4, -0.2) is 24.1 Å². The van der Waals surface area contributed by atoms with Crippen molar-refractivity contribution in [1.82, 2.24) is 10.7 Å². The Hall–Kier alpha value is -2.08. The predicted octanol–water partition coefficient (Wildman–Crippen LogP) is 4.55. The van der Waals surface area contributed by atoms with Gasteiger partial charge in [0.2, 0.25) is 0 Å². The number of carbonyl (C=O) groups excluding carboxylic acids is 2. The number of hydrazone groups is 1. The van der Waals surface area contributed by atoms with Crippen molar-refractivity contribution >= 4 is 52.8 Å². The van der Waals surface area contributed by atoms with Crippen LogP contribution in [0.1, 0.15) is 29.8 Å². The van der Waals surface area contributed by atoms with Gasteiger partial charge in [-0.1, -0.05) is 60.8 Å². The van der Waals surface area contributed by atoms with Gasteiger partial charge in [-0.25, -0.2) is 5.43 Å². The Bertz CT molecular complexity index is 852. The lowest BCUT2D eigenvalue weighted by Crippen LogP contribution is -2.48. The van der Waals surface area contributed by atoms with Crippen LogP contribution < -0.4 is 10.7 Å². The van der Waals surface area contributed by atoms with E-state index in [0.29, 0.717) is 26.2 Å². The first-order valence-corrected chi connectivity index (χ1v) is 9.26. The maximum atomic E-state index is 12.4. The molecule has 2 rings (SSSR count). The first kappa shape index (κ1) is 21.2. The fourth-order valence-corrected chi connectivity index (χ4v) is 2.70. The minimum atomic E-state index is -0.764. The van der Waals surface area contributed by atoms with E-state index in [1.807, 2.05) is 13.8 Å². The molecule has 0 bridgehead atoms. The molecule has 142 valence electrons. The molecule has 0 saturated heterocycles. The fourth-order valence-electron chi connectivity index (χ4n) is 2.22. The van der Waals surface area contributed by atoms with Gasteiger partial charge in [0.1, 0.15) is 6.04 Å². The minimum absolute atomic E-state index is 0.147. The van der Waals surface area contributed by atoms with E-state index in [-0.39, 0.29) is 11.8 Å². The van der Waals surface area contributed by atoms with Gasteiger partial charge in [0, 0.05) is 16.1 Å². The average Bonchev–Trinajstić information content (AvgIpc) is 2.63. The van der Waals surface area contributed by atoms with Gasteiger partial charge in [0.15, 0.2) is 0 Å². The van der Waals surface area contributed by atoms with Crippen molar-refractivity contribution in [3.63, 3.8) is 0 Å². The first-order chi connectivity index (χ1) is 12.8. The lowest BCUT2D eigenvalue weighted by atomic mass is 10.0. The number of halogens is 3. The zero-order valence-corrected chi connectivity index (χ0v) is 16.9. The summed E-state index contributed by atoms with van der Waals surface area (Å²) >= 11 is 17.8. The largest absolute Gasteiger partial charge is 0.340 e. The van der Waals surface area contributed by atoms with Gasteiger partial charge in [0.05, 0.1) is 16.3 Å². The molecule has 2 aromatic rings. The highest BCUT2D eigenvalue weighted by Gasteiger charge is 2.24. The number of hydrogen-bond acceptors (Lipinski definition) is 3. The van der Waals surface area contributed by atoms with Crippen molar-refractivity contribution in [2.75, 3.05) is 0 Å². The number of carbonyl (C=O) groups is 2. The van der Waals surface area contributed by atoms with Crippen LogP contribution in [0.15, 0.2) is 47.6 Å². The Balaban J connectivity index is 2.04. The summed E-state index contributed by atoms with van der Waals surface area (Å²) in [6, 6.07) is 10.7. The molecule has 2 amide bonds. The smallest absolute Gasteiger partial charge is 0.262 e. The van der Waals surface area contributed by atoms with Gasteiger partial charge in [-0.05, 0) is 36.2 Å². The molecule has 2 aromatic carbocycles. The van der Waals surface area contributed by atoms with Crippen LogP contribution in [-0.2, 0) is 4.79 Å². The van der Waals surface area contributed by atoms with E-state index in [0.717, 1.165) is 0 Å². The van der Waals surface area contributed by atoms with Gasteiger partial charge >= 0.3 is 0 Å². The molecule has 1 atom stereocenters. The summed E-state index contributed by atoms with van der Waals surface area (Å²) in [5.41, 5.74) is 3.39. The van der Waals surface area contributed by atoms with E-state index in [1.54, 1.807) is 42.5 Å². The Morgan fingerprint density at radius 3 is 2.33 bits per heavy atom. The third-order valence-electron chi connectivity index (χ3n) is 3.70. The standard InChI is InChI=1S/C19H18Cl3N3O2/c1-11(2)17(24-18(26)12-6-8-14(20)9-7-12)19(27)25-23-10-13-4-3-5-15(21)16(13)22/h3-11,17H,1-2H3,(H,24,26)(H,25,27). The SMILES string of the molecule is CC(C)C(NC(=O)c1ccc(Cl)cc1)C(=O)NN=Cc1cccc(Cl)c1Cl. The minimum Gasteiger partial charge on any atom is -0.340 e. The van der Waals surface area contributed by atoms with E-state index < -0.39 is 11.9 Å². The molecular weight excluding hydrogens is 409 g/mol. The maximum Gasteiger partial charge on any atom is 0.262 e. The number of rotatable bonds is 6. The van der Waals surface area contributed by atoms with Crippen molar-refractivity contribution in [2.45, 2.75) is 19.9 Å². The summed E-state index contributed by atoms with van der Waals surface area (Å²) in [6.45, 7) is 3.65. The number of hydrogen-bond donors (Lipinski definition) is 2. The third kappa shape index (κ3) is 5.96. The summed E-state index contributed by atoms with van der Waals surface area (Å²) in [4.78, 5) is 24.8. The second-order valence-electron chi connectivity index (χ2n) is 6.08. The highest BCUT2D eigenvalue weighted by atomic mass is 35.5. The predicted molar refractivity (Wildman–Crippen MR) is 110 cm³/mol. The number of nitrogens with one attached hydrogen (secondary N) is 2. The monoisotopic (exact) mass is 425 g/mol. The topological polar surface area (TPSA) is 70.6 Å². The normalized spacial score (nSPS) is 12.2. The molecule has 27 heavy (non-hydrogen) atoms. The van der Waals surface area contributed by atoms with E-state index in [9.17, 15) is 9.59 Å². The second-order valence-corrected chi connectivity index (χ2v) is 7.30. The zero-order chi connectivity index (χ0) is 20.0. The molecule has 2 N–H and O–H groups in total. The summed E-state index contributed by atoms with van der Waals surface area (Å²) in [5, 5.41) is 7.87. The first-order valence-electron chi connectivity index (χ1n) is 8.13. The lowest BCUT2D eigenvalue weighted by molar-refractivity contribution is -0.123. The maximum absolute atomic E-state index is 12.4. The molecule has 0 aliphatic rings. The van der Waals surface area contributed by atoms with Gasteiger partial charge in [-0.2, -0.15) is 5.10 Å². The summed E-state index contributed by atoms with van der Waals surface area (Å²) in [7, 11) is 0. The van der Waals surface area contributed by atoms with Gasteiger partial charge < -0.3 is 5.32 Å². The van der Waals surface area contributed by atoms with Crippen molar-refractivity contribution in [2.24, 2.45) is 11.0 Å². The fraction of sp³-hybridized carbons (Fsp3) is 0.211. The molecule has 0 aromatic heterocycles. The van der Waals surface area contributed by atoms with E-state index in [4.69, 9.17) is 34.8 Å². The van der Waals surface area contributed by atoms with Crippen LogP contribution in [0, 0.1) is 5.92 Å². The molecule has 0 radical (unpaired) electrons. The Kier molecular flexibility index (Phi) is 7.66. The van der Waals surface area contributed by atoms with E-state index in [1.165, 1.54) is 6.21 Å². The average molecular weight is 427 g/mol. The summed E-state index contributed by atoms with van der Waals surface area (Å²) in [6.07, 6.45) is 1.39. The Labute approximate surface area is 172 Å². The highest BCUT2D eigenvalue weighted by molar-refractivity contribution is 6.43. The van der Waals surface area contributed by atoms with Crippen molar-refractivity contribution in [3.8, 4) is 0 Å². The number of amides is 2. The van der Waals surface area contributed by atoms with Crippen LogP contribution in [0.4, 0.5) is 0 Å². The molecule has 0 aliphatic heterocycles. The van der Waals surface area contributed by atoms with Crippen LogP contribution in [0.5, 0.6) is 0 Å². The third-order valence-corrected chi connectivity index (χ3v) is 4.79. The van der Waals surface area contributed by atoms with E-state index >= 15 is 0 Å². The van der Waals surface area contributed by atoms with Crippen LogP contribution in [0.25, 0.3) is 0 Å². The molecule has 0 heterocycles. The molecule has 5 nitrogen and oxygen atoms in total. The second kappa shape index (κ2) is 9.74. The summed E-state index contributed by atoms with van der Waals surface area (Å²) < 4.78 is 0. The zero-order valence-electron chi connectivity index (χ0n) is 14.7. The van der Waals surface area contributed by atoms with Gasteiger partial charge in [-0.15, -0.1) is 0 Å².